The molecule has 3 heterocycles. The molecule has 0 aliphatic carbocycles. The SMILES string of the molecule is CCCCOc1ccc(N2C(=O)[C@@H]3[C@H](C2=O)[C@H]2c4ccccc4C=CN2[C@@H]3C(=O)c2ccc(Br)cc2)cc1. The number of carbonyl (C=O) groups is 3. The number of amides is 2. The first kappa shape index (κ1) is 24.6. The van der Waals surface area contributed by atoms with Crippen LogP contribution in [0.3, 0.4) is 0 Å². The van der Waals surface area contributed by atoms with Gasteiger partial charge >= 0.3 is 0 Å². The molecule has 38 heavy (non-hydrogen) atoms. The second-order valence-electron chi connectivity index (χ2n) is 9.91. The van der Waals surface area contributed by atoms with E-state index in [1.807, 2.05) is 53.6 Å². The number of benzene rings is 3. The van der Waals surface area contributed by atoms with Gasteiger partial charge in [-0.3, -0.25) is 14.4 Å². The topological polar surface area (TPSA) is 66.9 Å². The van der Waals surface area contributed by atoms with Crippen LogP contribution in [0.4, 0.5) is 5.69 Å². The van der Waals surface area contributed by atoms with E-state index in [9.17, 15) is 14.4 Å². The zero-order valence-corrected chi connectivity index (χ0v) is 22.5. The average Bonchev–Trinajstić information content (AvgIpc) is 3.41. The van der Waals surface area contributed by atoms with Gasteiger partial charge in [0.25, 0.3) is 0 Å². The van der Waals surface area contributed by atoms with Crippen molar-refractivity contribution in [2.24, 2.45) is 11.8 Å². The van der Waals surface area contributed by atoms with Gasteiger partial charge in [-0.1, -0.05) is 65.7 Å². The Bertz CT molecular complexity index is 1430. The Kier molecular flexibility index (Phi) is 6.40. The van der Waals surface area contributed by atoms with Gasteiger partial charge in [-0.05, 0) is 60.0 Å². The molecular weight excluding hydrogens is 544 g/mol. The van der Waals surface area contributed by atoms with Crippen molar-refractivity contribution in [1.29, 1.82) is 0 Å². The molecule has 2 saturated heterocycles. The fourth-order valence-electron chi connectivity index (χ4n) is 5.92. The molecule has 0 radical (unpaired) electrons. The second kappa shape index (κ2) is 9.87. The fraction of sp³-hybridized carbons (Fsp3) is 0.258. The van der Waals surface area contributed by atoms with Gasteiger partial charge in [-0.15, -0.1) is 0 Å². The first-order valence-corrected chi connectivity index (χ1v) is 13.7. The van der Waals surface area contributed by atoms with Gasteiger partial charge < -0.3 is 9.64 Å². The van der Waals surface area contributed by atoms with Crippen molar-refractivity contribution in [1.82, 2.24) is 4.90 Å². The molecular formula is C31H27BrN2O4. The number of ketones is 1. The number of imide groups is 1. The van der Waals surface area contributed by atoms with E-state index in [0.29, 0.717) is 23.6 Å². The van der Waals surface area contributed by atoms with Crippen LogP contribution in [0.5, 0.6) is 5.75 Å². The maximum absolute atomic E-state index is 14.0. The highest BCUT2D eigenvalue weighted by molar-refractivity contribution is 9.10. The number of hydrogen-bond donors (Lipinski definition) is 0. The number of ether oxygens (including phenoxy) is 1. The van der Waals surface area contributed by atoms with E-state index in [2.05, 4.69) is 22.9 Å². The van der Waals surface area contributed by atoms with E-state index in [4.69, 9.17) is 4.74 Å². The predicted molar refractivity (Wildman–Crippen MR) is 149 cm³/mol. The van der Waals surface area contributed by atoms with Crippen LogP contribution in [0.15, 0.2) is 83.5 Å². The first-order chi connectivity index (χ1) is 18.5. The van der Waals surface area contributed by atoms with Crippen molar-refractivity contribution >= 4 is 45.3 Å². The Morgan fingerprint density at radius 2 is 1.63 bits per heavy atom. The smallest absolute Gasteiger partial charge is 0.240 e. The second-order valence-corrected chi connectivity index (χ2v) is 10.8. The van der Waals surface area contributed by atoms with E-state index in [-0.39, 0.29) is 17.6 Å². The molecule has 4 atom stereocenters. The molecule has 192 valence electrons. The summed E-state index contributed by atoms with van der Waals surface area (Å²) in [5.41, 5.74) is 2.96. The molecule has 3 aliphatic rings. The predicted octanol–water partition coefficient (Wildman–Crippen LogP) is 6.03. The number of hydrogen-bond acceptors (Lipinski definition) is 5. The lowest BCUT2D eigenvalue weighted by atomic mass is 9.83. The van der Waals surface area contributed by atoms with Gasteiger partial charge in [0.2, 0.25) is 11.8 Å². The number of anilines is 1. The molecule has 7 heteroatoms. The molecule has 0 spiro atoms. The van der Waals surface area contributed by atoms with Gasteiger partial charge in [0.15, 0.2) is 5.78 Å². The lowest BCUT2D eigenvalue weighted by molar-refractivity contribution is -0.123. The van der Waals surface area contributed by atoms with E-state index < -0.39 is 23.9 Å². The third kappa shape index (κ3) is 3.97. The van der Waals surface area contributed by atoms with Crippen LogP contribution in [-0.4, -0.2) is 35.1 Å². The van der Waals surface area contributed by atoms with Crippen LogP contribution >= 0.6 is 15.9 Å². The zero-order valence-electron chi connectivity index (χ0n) is 20.9. The van der Waals surface area contributed by atoms with Gasteiger partial charge in [0, 0.05) is 16.2 Å². The molecule has 6 nitrogen and oxygen atoms in total. The normalized spacial score (nSPS) is 23.3. The monoisotopic (exact) mass is 570 g/mol. The summed E-state index contributed by atoms with van der Waals surface area (Å²) in [6.45, 7) is 2.72. The number of carbonyl (C=O) groups excluding carboxylic acids is 3. The number of nitrogens with zero attached hydrogens (tertiary/aromatic N) is 2. The maximum Gasteiger partial charge on any atom is 0.240 e. The molecule has 6 rings (SSSR count). The molecule has 3 aromatic carbocycles. The first-order valence-electron chi connectivity index (χ1n) is 12.9. The number of rotatable bonds is 7. The van der Waals surface area contributed by atoms with Crippen LogP contribution in [0, 0.1) is 11.8 Å². The van der Waals surface area contributed by atoms with Gasteiger partial charge in [-0.2, -0.15) is 0 Å². The third-order valence-electron chi connectivity index (χ3n) is 7.72. The minimum Gasteiger partial charge on any atom is -0.494 e. The van der Waals surface area contributed by atoms with E-state index in [0.717, 1.165) is 28.4 Å². The standard InChI is InChI=1S/C31H27BrN2O4/c1-2-3-18-38-23-14-12-22(13-15-23)34-30(36)25-26(31(34)37)28(29(35)20-8-10-21(32)11-9-20)33-17-16-19-6-4-5-7-24(19)27(25)33/h4-17,25-28H,2-3,18H2,1H3/t25-,26+,27+,28-/m0/s1. The Hall–Kier alpha value is -3.71. The highest BCUT2D eigenvalue weighted by Crippen LogP contribution is 2.53. The van der Waals surface area contributed by atoms with Crippen molar-refractivity contribution in [3.8, 4) is 5.75 Å². The molecule has 0 unspecified atom stereocenters. The van der Waals surface area contributed by atoms with Crippen LogP contribution in [0.25, 0.3) is 6.08 Å². The highest BCUT2D eigenvalue weighted by atomic mass is 79.9. The Balaban J connectivity index is 1.39. The van der Waals surface area contributed by atoms with Crippen LogP contribution in [0.1, 0.15) is 47.3 Å². The van der Waals surface area contributed by atoms with E-state index in [1.165, 1.54) is 4.90 Å². The van der Waals surface area contributed by atoms with Gasteiger partial charge in [0.1, 0.15) is 11.8 Å². The molecule has 3 aliphatic heterocycles. The van der Waals surface area contributed by atoms with E-state index in [1.54, 1.807) is 36.4 Å². The number of halogens is 1. The summed E-state index contributed by atoms with van der Waals surface area (Å²) in [5.74, 6) is -1.54. The largest absolute Gasteiger partial charge is 0.494 e. The zero-order chi connectivity index (χ0) is 26.4. The third-order valence-corrected chi connectivity index (χ3v) is 8.25. The summed E-state index contributed by atoms with van der Waals surface area (Å²) >= 11 is 3.42. The van der Waals surface area contributed by atoms with Gasteiger partial charge in [0.05, 0.1) is 30.2 Å². The van der Waals surface area contributed by atoms with Crippen molar-refractivity contribution in [2.45, 2.75) is 31.8 Å². The lowest BCUT2D eigenvalue weighted by Gasteiger charge is -2.35. The molecule has 0 N–H and O–H groups in total. The summed E-state index contributed by atoms with van der Waals surface area (Å²) in [5, 5.41) is 0. The van der Waals surface area contributed by atoms with Crippen LogP contribution < -0.4 is 9.64 Å². The molecule has 0 bridgehead atoms. The summed E-state index contributed by atoms with van der Waals surface area (Å²) in [7, 11) is 0. The lowest BCUT2D eigenvalue weighted by Crippen LogP contribution is -2.44. The fourth-order valence-corrected chi connectivity index (χ4v) is 6.19. The number of Topliss-reactive ketones (excluding diaryl/α,β-unsaturated/α-hetero) is 1. The minimum absolute atomic E-state index is 0.165. The minimum atomic E-state index is -0.792. The van der Waals surface area contributed by atoms with Crippen LogP contribution in [0.2, 0.25) is 0 Å². The average molecular weight is 571 g/mol. The molecule has 0 saturated carbocycles. The van der Waals surface area contributed by atoms with Crippen molar-refractivity contribution in [2.75, 3.05) is 11.5 Å². The van der Waals surface area contributed by atoms with Crippen LogP contribution in [-0.2, 0) is 9.59 Å². The van der Waals surface area contributed by atoms with Crippen molar-refractivity contribution in [3.05, 3.63) is 100 Å². The van der Waals surface area contributed by atoms with Crippen molar-refractivity contribution in [3.63, 3.8) is 0 Å². The molecule has 2 amide bonds. The summed E-state index contributed by atoms with van der Waals surface area (Å²) in [6.07, 6.45) is 5.82. The molecule has 2 fully saturated rings. The maximum atomic E-state index is 14.0. The van der Waals surface area contributed by atoms with Gasteiger partial charge in [-0.25, -0.2) is 4.90 Å². The Morgan fingerprint density at radius 3 is 2.37 bits per heavy atom. The van der Waals surface area contributed by atoms with Crippen molar-refractivity contribution < 1.29 is 19.1 Å². The Morgan fingerprint density at radius 1 is 0.921 bits per heavy atom. The van der Waals surface area contributed by atoms with E-state index >= 15 is 0 Å². The summed E-state index contributed by atoms with van der Waals surface area (Å²) in [6, 6.07) is 20.9. The quantitative estimate of drug-likeness (QED) is 0.197. The summed E-state index contributed by atoms with van der Waals surface area (Å²) < 4.78 is 6.62. The highest BCUT2D eigenvalue weighted by Gasteiger charge is 2.64. The molecule has 0 aromatic heterocycles. The summed E-state index contributed by atoms with van der Waals surface area (Å²) in [4.78, 5) is 45.2. The molecule has 3 aromatic rings. The Labute approximate surface area is 230 Å². The number of fused-ring (bicyclic) bond motifs is 5. The number of unbranched alkanes of at least 4 members (excludes halogenated alkanes) is 1.